The van der Waals surface area contributed by atoms with E-state index in [-0.39, 0.29) is 11.7 Å². The molecule has 2 heterocycles. The minimum atomic E-state index is -1.45. The summed E-state index contributed by atoms with van der Waals surface area (Å²) in [5.41, 5.74) is 3.30. The quantitative estimate of drug-likeness (QED) is 0.773. The zero-order valence-corrected chi connectivity index (χ0v) is 13.1. The molecule has 0 amide bonds. The Morgan fingerprint density at radius 2 is 1.83 bits per heavy atom. The molecule has 7 heteroatoms. The summed E-state index contributed by atoms with van der Waals surface area (Å²) in [7, 11) is 0. The van der Waals surface area contributed by atoms with Gasteiger partial charge in [0.2, 0.25) is 0 Å². The minimum absolute atomic E-state index is 0.166. The maximum Gasteiger partial charge on any atom is 0.343 e. The van der Waals surface area contributed by atoms with E-state index in [1.807, 2.05) is 6.92 Å². The highest BCUT2D eigenvalue weighted by Gasteiger charge is 3.04. The lowest BCUT2D eigenvalue weighted by Crippen LogP contribution is -2.90. The van der Waals surface area contributed by atoms with Crippen LogP contribution in [-0.2, 0) is 14.9 Å². The van der Waals surface area contributed by atoms with Crippen molar-refractivity contribution in [3.8, 4) is 12.1 Å². The molecule has 2 aliphatic heterocycles. The highest BCUT2D eigenvalue weighted by Crippen LogP contribution is 2.83. The fraction of sp³-hybridized carbons (Fsp3) is 0.471. The Hall–Kier alpha value is -2.48. The van der Waals surface area contributed by atoms with Gasteiger partial charge in [0, 0.05) is 0 Å². The number of fused-ring (bicyclic) bond motifs is 2. The molecule has 3 aliphatic rings. The molecule has 122 valence electrons. The summed E-state index contributed by atoms with van der Waals surface area (Å²) < 4.78 is 24.9. The topological polar surface area (TPSA) is 106 Å². The molecule has 0 radical (unpaired) electrons. The number of amidine groups is 1. The van der Waals surface area contributed by atoms with Gasteiger partial charge in [0.1, 0.15) is 5.82 Å². The Kier molecular flexibility index (Phi) is 2.72. The molecule has 1 aromatic carbocycles. The number of hydrogen-bond donors (Lipinski definition) is 2. The predicted octanol–water partition coefficient (Wildman–Crippen LogP) is -0.341. The van der Waals surface area contributed by atoms with Crippen LogP contribution in [0.2, 0.25) is 0 Å². The van der Waals surface area contributed by atoms with Crippen LogP contribution < -0.4 is 10.7 Å². The van der Waals surface area contributed by atoms with E-state index >= 15 is 0 Å². The van der Waals surface area contributed by atoms with Crippen molar-refractivity contribution in [2.45, 2.75) is 24.7 Å². The van der Waals surface area contributed by atoms with Crippen LogP contribution in [0, 0.1) is 39.3 Å². The molecule has 1 saturated heterocycles. The fourth-order valence-corrected chi connectivity index (χ4v) is 5.05. The number of halogens is 1. The van der Waals surface area contributed by atoms with E-state index in [9.17, 15) is 14.9 Å². The molecule has 1 saturated carbocycles. The molecule has 24 heavy (non-hydrogen) atoms. The average Bonchev–Trinajstić information content (AvgIpc) is 2.81. The van der Waals surface area contributed by atoms with Gasteiger partial charge in [-0.2, -0.15) is 10.5 Å². The summed E-state index contributed by atoms with van der Waals surface area (Å²) in [5, 5.41) is 20.2. The SMILES string of the molecule is CC[C@@]1(c2ccc(F)cc2)[C@]2(C#N)C(N)=[NH+]C3(OCCO3)[C@@]21C#N. The van der Waals surface area contributed by atoms with E-state index in [0.29, 0.717) is 25.2 Å². The first-order chi connectivity index (χ1) is 11.5. The van der Waals surface area contributed by atoms with Crippen LogP contribution in [0.3, 0.4) is 0 Å². The van der Waals surface area contributed by atoms with E-state index in [2.05, 4.69) is 17.1 Å². The van der Waals surface area contributed by atoms with E-state index in [4.69, 9.17) is 15.2 Å². The molecule has 0 bridgehead atoms. The van der Waals surface area contributed by atoms with Crippen molar-refractivity contribution in [1.29, 1.82) is 10.5 Å². The lowest BCUT2D eigenvalue weighted by molar-refractivity contribution is -0.677. The van der Waals surface area contributed by atoms with Gasteiger partial charge >= 0.3 is 5.91 Å². The molecule has 1 aromatic rings. The summed E-state index contributed by atoms with van der Waals surface area (Å²) in [6.07, 6.45) is 0.455. The lowest BCUT2D eigenvalue weighted by atomic mass is 9.80. The number of benzene rings is 1. The predicted molar refractivity (Wildman–Crippen MR) is 79.3 cm³/mol. The number of nitrogens with zero attached hydrogens (tertiary/aromatic N) is 2. The Bertz CT molecular complexity index is 834. The van der Waals surface area contributed by atoms with Gasteiger partial charge in [0.25, 0.3) is 5.84 Å². The zero-order valence-electron chi connectivity index (χ0n) is 13.1. The van der Waals surface area contributed by atoms with Gasteiger partial charge in [0.15, 0.2) is 10.8 Å². The number of hydrogen-bond acceptors (Lipinski definition) is 5. The van der Waals surface area contributed by atoms with Crippen LogP contribution in [-0.4, -0.2) is 25.0 Å². The Morgan fingerprint density at radius 1 is 1.21 bits per heavy atom. The van der Waals surface area contributed by atoms with Crippen LogP contribution in [0.25, 0.3) is 0 Å². The molecule has 3 N–H and O–H groups in total. The zero-order chi connectivity index (χ0) is 17.2. The van der Waals surface area contributed by atoms with Gasteiger partial charge in [-0.25, -0.2) is 9.38 Å². The molecule has 6 nitrogen and oxygen atoms in total. The molecule has 4 rings (SSSR count). The first-order valence-electron chi connectivity index (χ1n) is 7.79. The second kappa shape index (κ2) is 4.32. The molecule has 0 unspecified atom stereocenters. The van der Waals surface area contributed by atoms with Crippen molar-refractivity contribution < 1.29 is 18.9 Å². The summed E-state index contributed by atoms with van der Waals surface area (Å²) in [5.74, 6) is -1.67. The van der Waals surface area contributed by atoms with Crippen molar-refractivity contribution in [3.63, 3.8) is 0 Å². The Morgan fingerprint density at radius 3 is 2.33 bits per heavy atom. The monoisotopic (exact) mass is 327 g/mol. The minimum Gasteiger partial charge on any atom is -0.311 e. The average molecular weight is 327 g/mol. The first-order valence-corrected chi connectivity index (χ1v) is 7.79. The van der Waals surface area contributed by atoms with Gasteiger partial charge in [-0.05, 0) is 24.1 Å². The second-order valence-corrected chi connectivity index (χ2v) is 6.34. The van der Waals surface area contributed by atoms with Gasteiger partial charge in [0.05, 0.1) is 30.8 Å². The Labute approximate surface area is 138 Å². The normalized spacial score (nSPS) is 38.2. The Balaban J connectivity index is 2.03. The lowest BCUT2D eigenvalue weighted by Gasteiger charge is -2.29. The van der Waals surface area contributed by atoms with Gasteiger partial charge < -0.3 is 9.47 Å². The first kappa shape index (κ1) is 15.1. The third kappa shape index (κ3) is 1.14. The van der Waals surface area contributed by atoms with Crippen molar-refractivity contribution in [2.75, 3.05) is 13.2 Å². The highest BCUT2D eigenvalue weighted by atomic mass is 19.1. The summed E-state index contributed by atoms with van der Waals surface area (Å²) in [6, 6.07) is 10.4. The second-order valence-electron chi connectivity index (χ2n) is 6.34. The van der Waals surface area contributed by atoms with E-state index in [1.165, 1.54) is 12.1 Å². The van der Waals surface area contributed by atoms with Crippen LogP contribution in [0.4, 0.5) is 4.39 Å². The maximum absolute atomic E-state index is 13.4. The number of rotatable bonds is 2. The van der Waals surface area contributed by atoms with E-state index < -0.39 is 22.2 Å². The fourth-order valence-electron chi connectivity index (χ4n) is 5.05. The van der Waals surface area contributed by atoms with Gasteiger partial charge in [-0.15, -0.1) is 0 Å². The molecule has 0 aromatic heterocycles. The van der Waals surface area contributed by atoms with Gasteiger partial charge in [-0.1, -0.05) is 19.1 Å². The van der Waals surface area contributed by atoms with Crippen molar-refractivity contribution in [3.05, 3.63) is 35.6 Å². The molecular formula is C17H16FN4O2+. The molecule has 1 spiro atoms. The largest absolute Gasteiger partial charge is 0.343 e. The summed E-state index contributed by atoms with van der Waals surface area (Å²) in [4.78, 5) is 2.91. The maximum atomic E-state index is 13.4. The number of ether oxygens (including phenoxy) is 2. The third-order valence-corrected chi connectivity index (χ3v) is 5.87. The van der Waals surface area contributed by atoms with E-state index in [1.54, 1.807) is 12.1 Å². The number of nitrogens with two attached hydrogens (primary N) is 1. The van der Waals surface area contributed by atoms with Crippen molar-refractivity contribution in [1.82, 2.24) is 0 Å². The summed E-state index contributed by atoms with van der Waals surface area (Å²) in [6.45, 7) is 2.48. The molecule has 2 fully saturated rings. The van der Waals surface area contributed by atoms with Crippen molar-refractivity contribution in [2.24, 2.45) is 16.6 Å². The van der Waals surface area contributed by atoms with Crippen LogP contribution in [0.5, 0.6) is 0 Å². The smallest absolute Gasteiger partial charge is 0.311 e. The number of nitrogens with one attached hydrogen (secondary N) is 1. The number of nitriles is 2. The van der Waals surface area contributed by atoms with Crippen LogP contribution in [0.1, 0.15) is 18.9 Å². The van der Waals surface area contributed by atoms with E-state index in [0.717, 1.165) is 0 Å². The standard InChI is InChI=1S/C17H15FN4O2/c1-2-14(11-3-5-12(18)6-4-11)15(9-19)13(21)22-17(16(14,15)10-20)23-7-8-24-17/h3-6H,2,7-8H2,1H3,(H2,21,22)/p+1/t14-,15+,16-/m1/s1. The summed E-state index contributed by atoms with van der Waals surface area (Å²) >= 11 is 0. The highest BCUT2D eigenvalue weighted by molar-refractivity contribution is 5.97. The van der Waals surface area contributed by atoms with Gasteiger partial charge in [-0.3, -0.25) is 5.73 Å². The molecule has 3 atom stereocenters. The molecule has 1 aliphatic carbocycles. The van der Waals surface area contributed by atoms with Crippen molar-refractivity contribution >= 4 is 5.84 Å². The van der Waals surface area contributed by atoms with Crippen LogP contribution in [0.15, 0.2) is 24.3 Å². The third-order valence-electron chi connectivity index (χ3n) is 5.87. The van der Waals surface area contributed by atoms with Crippen LogP contribution >= 0.6 is 0 Å². The molecular weight excluding hydrogens is 311 g/mol.